The van der Waals surface area contributed by atoms with E-state index in [-0.39, 0.29) is 17.8 Å². The number of amides is 3. The van der Waals surface area contributed by atoms with Gasteiger partial charge in [0.05, 0.1) is 17.8 Å². The number of nitrogens with one attached hydrogen (secondary N) is 2. The lowest BCUT2D eigenvalue weighted by atomic mass is 9.99. The predicted molar refractivity (Wildman–Crippen MR) is 106 cm³/mol. The summed E-state index contributed by atoms with van der Waals surface area (Å²) in [6.45, 7) is 5.73. The molecule has 0 radical (unpaired) electrons. The number of hydrogen-bond acceptors (Lipinski definition) is 3. The van der Waals surface area contributed by atoms with Gasteiger partial charge in [-0.1, -0.05) is 12.7 Å². The lowest BCUT2D eigenvalue weighted by Gasteiger charge is -2.21. The first-order valence-electron chi connectivity index (χ1n) is 8.79. The Hall–Kier alpha value is -2.95. The van der Waals surface area contributed by atoms with Crippen LogP contribution in [0.4, 0.5) is 26.7 Å². The highest BCUT2D eigenvalue weighted by atomic mass is 35.5. The van der Waals surface area contributed by atoms with Crippen LogP contribution in [0.3, 0.4) is 0 Å². The number of nitrogens with zero attached hydrogens (tertiary/aromatic N) is 2. The molecule has 1 aromatic heterocycles. The van der Waals surface area contributed by atoms with Crippen molar-refractivity contribution >= 4 is 29.1 Å². The maximum absolute atomic E-state index is 14.4. The van der Waals surface area contributed by atoms with Gasteiger partial charge >= 0.3 is 12.2 Å². The third-order valence-corrected chi connectivity index (χ3v) is 3.90. The van der Waals surface area contributed by atoms with E-state index in [4.69, 9.17) is 11.6 Å². The molecule has 1 aromatic rings. The van der Waals surface area contributed by atoms with E-state index in [2.05, 4.69) is 22.3 Å². The molecule has 6 nitrogen and oxygen atoms in total. The molecular formula is C19H20ClF5N4O2. The molecule has 0 atom stereocenters. The van der Waals surface area contributed by atoms with Crippen LogP contribution >= 0.6 is 11.6 Å². The van der Waals surface area contributed by atoms with Gasteiger partial charge in [-0.25, -0.2) is 18.6 Å². The van der Waals surface area contributed by atoms with Crippen LogP contribution in [-0.2, 0) is 11.3 Å². The summed E-state index contributed by atoms with van der Waals surface area (Å²) in [5.74, 6) is -3.67. The number of alkyl halides is 4. The molecule has 1 heterocycles. The van der Waals surface area contributed by atoms with Crippen LogP contribution in [0.15, 0.2) is 42.4 Å². The van der Waals surface area contributed by atoms with Crippen LogP contribution in [0.1, 0.15) is 25.1 Å². The number of halogens is 6. The molecule has 31 heavy (non-hydrogen) atoms. The SMILES string of the molecule is C=C/C(=C(\C(F)=C/CCl)C(F)(F)F)c1cnc(CNC(=O)N(CC)NC(C)=O)c(F)c1. The van der Waals surface area contributed by atoms with Gasteiger partial charge in [0, 0.05) is 31.1 Å². The minimum absolute atomic E-state index is 0.120. The first-order chi connectivity index (χ1) is 14.5. The van der Waals surface area contributed by atoms with Gasteiger partial charge in [0.1, 0.15) is 11.6 Å². The van der Waals surface area contributed by atoms with Crippen molar-refractivity contribution in [1.29, 1.82) is 0 Å². The zero-order chi connectivity index (χ0) is 23.8. The summed E-state index contributed by atoms with van der Waals surface area (Å²) in [5, 5.41) is 3.25. The number of pyridine rings is 1. The van der Waals surface area contributed by atoms with Crippen molar-refractivity contribution in [3.8, 4) is 0 Å². The Morgan fingerprint density at radius 3 is 2.45 bits per heavy atom. The molecule has 12 heteroatoms. The predicted octanol–water partition coefficient (Wildman–Crippen LogP) is 4.40. The standard InChI is InChI=1S/C19H20ClF5N4O2/c1-4-13(17(19(23,24)25)14(21)6-7-20)12-8-15(22)16(26-9-12)10-27-18(31)29(5-2)28-11(3)30/h4,6,8-9H,1,5,7,10H2,2-3H3,(H,27,31)(H,28,30)/b14-6+,17-13-. The Morgan fingerprint density at radius 1 is 1.35 bits per heavy atom. The zero-order valence-electron chi connectivity index (χ0n) is 16.6. The first kappa shape index (κ1) is 26.1. The van der Waals surface area contributed by atoms with Crippen molar-refractivity contribution in [3.63, 3.8) is 0 Å². The minimum Gasteiger partial charge on any atom is -0.331 e. The Labute approximate surface area is 180 Å². The van der Waals surface area contributed by atoms with Crippen LogP contribution in [0.5, 0.6) is 0 Å². The van der Waals surface area contributed by atoms with Crippen molar-refractivity contribution in [2.75, 3.05) is 12.4 Å². The molecular weight excluding hydrogens is 447 g/mol. The highest BCUT2D eigenvalue weighted by Crippen LogP contribution is 2.38. The second-order valence-electron chi connectivity index (χ2n) is 5.92. The second kappa shape index (κ2) is 11.4. The van der Waals surface area contributed by atoms with E-state index < -0.39 is 53.3 Å². The van der Waals surface area contributed by atoms with Crippen molar-refractivity contribution < 1.29 is 31.5 Å². The summed E-state index contributed by atoms with van der Waals surface area (Å²) in [7, 11) is 0. The molecule has 0 aromatic carbocycles. The summed E-state index contributed by atoms with van der Waals surface area (Å²) in [6.07, 6.45) is -2.95. The maximum Gasteiger partial charge on any atom is 0.419 e. The maximum atomic E-state index is 14.4. The van der Waals surface area contributed by atoms with Crippen LogP contribution in [0, 0.1) is 5.82 Å². The van der Waals surface area contributed by atoms with E-state index in [0.29, 0.717) is 6.08 Å². The molecule has 3 amide bonds. The zero-order valence-corrected chi connectivity index (χ0v) is 17.4. The molecule has 0 aliphatic heterocycles. The smallest absolute Gasteiger partial charge is 0.331 e. The van der Waals surface area contributed by atoms with Crippen LogP contribution in [0.2, 0.25) is 0 Å². The van der Waals surface area contributed by atoms with Gasteiger partial charge in [-0.15, -0.1) is 11.6 Å². The summed E-state index contributed by atoms with van der Waals surface area (Å²) >= 11 is 5.29. The van der Waals surface area contributed by atoms with Crippen molar-refractivity contribution in [1.82, 2.24) is 20.7 Å². The number of carbonyl (C=O) groups excluding carboxylic acids is 2. The Balaban J connectivity index is 3.22. The average Bonchev–Trinajstić information content (AvgIpc) is 2.67. The third kappa shape index (κ3) is 7.35. The summed E-state index contributed by atoms with van der Waals surface area (Å²) in [5.41, 5.74) is -0.800. The Morgan fingerprint density at radius 2 is 2.00 bits per heavy atom. The molecule has 0 bridgehead atoms. The van der Waals surface area contributed by atoms with Crippen molar-refractivity contribution in [2.45, 2.75) is 26.6 Å². The van der Waals surface area contributed by atoms with Crippen molar-refractivity contribution in [2.24, 2.45) is 0 Å². The number of aromatic nitrogens is 1. The normalized spacial score (nSPS) is 12.7. The molecule has 0 spiro atoms. The first-order valence-corrected chi connectivity index (χ1v) is 9.32. The van der Waals surface area contributed by atoms with Gasteiger partial charge < -0.3 is 5.32 Å². The molecule has 0 aliphatic carbocycles. The largest absolute Gasteiger partial charge is 0.419 e. The van der Waals surface area contributed by atoms with E-state index in [1.165, 1.54) is 6.92 Å². The van der Waals surface area contributed by atoms with E-state index in [1.807, 2.05) is 0 Å². The van der Waals surface area contributed by atoms with Crippen LogP contribution < -0.4 is 10.7 Å². The van der Waals surface area contributed by atoms with E-state index in [1.54, 1.807) is 6.92 Å². The van der Waals surface area contributed by atoms with E-state index >= 15 is 0 Å². The monoisotopic (exact) mass is 466 g/mol. The number of rotatable bonds is 7. The number of hydrazine groups is 1. The molecule has 2 N–H and O–H groups in total. The minimum atomic E-state index is -5.10. The fourth-order valence-electron chi connectivity index (χ4n) is 2.41. The molecule has 0 aliphatic rings. The number of urea groups is 1. The van der Waals surface area contributed by atoms with Crippen molar-refractivity contribution in [3.05, 3.63) is 59.5 Å². The summed E-state index contributed by atoms with van der Waals surface area (Å²) in [4.78, 5) is 26.8. The van der Waals surface area contributed by atoms with Gasteiger partial charge in [-0.05, 0) is 24.6 Å². The molecule has 0 unspecified atom stereocenters. The van der Waals surface area contributed by atoms with E-state index in [0.717, 1.165) is 23.3 Å². The fraction of sp³-hybridized carbons (Fsp3) is 0.316. The topological polar surface area (TPSA) is 74.3 Å². The highest BCUT2D eigenvalue weighted by molar-refractivity contribution is 6.19. The summed E-state index contributed by atoms with van der Waals surface area (Å²) < 4.78 is 68.6. The Bertz CT molecular complexity index is 900. The summed E-state index contributed by atoms with van der Waals surface area (Å²) in [6, 6.07) is -0.0290. The van der Waals surface area contributed by atoms with Gasteiger partial charge in [0.15, 0.2) is 0 Å². The quantitative estimate of drug-likeness (QED) is 0.271. The molecule has 0 saturated carbocycles. The van der Waals surface area contributed by atoms with Gasteiger partial charge in [0.2, 0.25) is 5.91 Å². The average molecular weight is 467 g/mol. The number of allylic oxidation sites excluding steroid dienone is 5. The highest BCUT2D eigenvalue weighted by Gasteiger charge is 2.39. The van der Waals surface area contributed by atoms with E-state index in [9.17, 15) is 31.5 Å². The van der Waals surface area contributed by atoms with Crippen LogP contribution in [0.25, 0.3) is 5.57 Å². The lowest BCUT2D eigenvalue weighted by Crippen LogP contribution is -2.49. The number of hydrogen-bond donors (Lipinski definition) is 2. The molecule has 0 saturated heterocycles. The third-order valence-electron chi connectivity index (χ3n) is 3.74. The van der Waals surface area contributed by atoms with Gasteiger partial charge in [0.25, 0.3) is 0 Å². The lowest BCUT2D eigenvalue weighted by molar-refractivity contribution is -0.122. The second-order valence-corrected chi connectivity index (χ2v) is 6.23. The Kier molecular flexibility index (Phi) is 9.63. The number of carbonyl (C=O) groups is 2. The van der Waals surface area contributed by atoms with Gasteiger partial charge in [-0.2, -0.15) is 13.2 Å². The molecule has 0 fully saturated rings. The van der Waals surface area contributed by atoms with Crippen LogP contribution in [-0.4, -0.2) is 40.5 Å². The van der Waals surface area contributed by atoms with Gasteiger partial charge in [-0.3, -0.25) is 15.2 Å². The molecule has 170 valence electrons. The fourth-order valence-corrected chi connectivity index (χ4v) is 2.55. The molecule has 1 rings (SSSR count).